The molecule has 0 aromatic heterocycles. The Kier molecular flexibility index (Phi) is 4.98. The molecular formula is C20H19NO2. The Bertz CT molecular complexity index is 777. The standard InChI is InChI=1S/C20H19NO2/c1-20(2,3)23-19(22)12-11-16-8-4-5-10-18(16)17-9-6-7-15(13-17)14-21/h4-13H,1-3H3/b12-11+. The number of nitrogens with zero attached hydrogens (tertiary/aromatic N) is 1. The van der Waals surface area contributed by atoms with E-state index >= 15 is 0 Å². The monoisotopic (exact) mass is 305 g/mol. The quantitative estimate of drug-likeness (QED) is 0.616. The van der Waals surface area contributed by atoms with Gasteiger partial charge in [0.05, 0.1) is 11.6 Å². The molecule has 0 bridgehead atoms. The summed E-state index contributed by atoms with van der Waals surface area (Å²) in [5.74, 6) is -0.377. The van der Waals surface area contributed by atoms with Crippen LogP contribution in [0.1, 0.15) is 31.9 Å². The maximum Gasteiger partial charge on any atom is 0.331 e. The van der Waals surface area contributed by atoms with E-state index in [0.717, 1.165) is 16.7 Å². The average molecular weight is 305 g/mol. The van der Waals surface area contributed by atoms with Crippen LogP contribution in [0.4, 0.5) is 0 Å². The summed E-state index contributed by atoms with van der Waals surface area (Å²) >= 11 is 0. The van der Waals surface area contributed by atoms with Gasteiger partial charge in [0.1, 0.15) is 5.60 Å². The summed E-state index contributed by atoms with van der Waals surface area (Å²) in [5.41, 5.74) is 2.89. The van der Waals surface area contributed by atoms with Gasteiger partial charge in [0.15, 0.2) is 0 Å². The van der Waals surface area contributed by atoms with Gasteiger partial charge in [-0.1, -0.05) is 36.4 Å². The van der Waals surface area contributed by atoms with Crippen LogP contribution >= 0.6 is 0 Å². The molecule has 0 heterocycles. The molecule has 2 rings (SSSR count). The van der Waals surface area contributed by atoms with Crippen molar-refractivity contribution >= 4 is 12.0 Å². The third-order valence-corrected chi connectivity index (χ3v) is 3.07. The molecule has 0 fully saturated rings. The molecule has 0 saturated heterocycles. The van der Waals surface area contributed by atoms with Crippen LogP contribution in [-0.2, 0) is 9.53 Å². The van der Waals surface area contributed by atoms with Gasteiger partial charge in [-0.3, -0.25) is 0 Å². The number of carbonyl (C=O) groups is 1. The second-order valence-corrected chi connectivity index (χ2v) is 6.15. The molecule has 0 aliphatic heterocycles. The highest BCUT2D eigenvalue weighted by Crippen LogP contribution is 2.25. The van der Waals surface area contributed by atoms with E-state index in [0.29, 0.717) is 5.56 Å². The first-order valence-electron chi connectivity index (χ1n) is 7.40. The summed E-state index contributed by atoms with van der Waals surface area (Å²) in [6.45, 7) is 5.50. The minimum atomic E-state index is -0.512. The minimum absolute atomic E-state index is 0.377. The predicted molar refractivity (Wildman–Crippen MR) is 91.5 cm³/mol. The van der Waals surface area contributed by atoms with E-state index in [1.165, 1.54) is 6.08 Å². The van der Waals surface area contributed by atoms with Crippen molar-refractivity contribution in [3.05, 3.63) is 65.7 Å². The smallest absolute Gasteiger partial charge is 0.331 e. The van der Waals surface area contributed by atoms with Crippen molar-refractivity contribution in [2.45, 2.75) is 26.4 Å². The lowest BCUT2D eigenvalue weighted by Gasteiger charge is -2.18. The molecule has 0 unspecified atom stereocenters. The highest BCUT2D eigenvalue weighted by atomic mass is 16.6. The molecule has 0 aliphatic rings. The summed E-state index contributed by atoms with van der Waals surface area (Å²) < 4.78 is 5.27. The maximum atomic E-state index is 11.8. The van der Waals surface area contributed by atoms with Crippen LogP contribution in [0, 0.1) is 11.3 Å². The zero-order chi connectivity index (χ0) is 16.9. The Morgan fingerprint density at radius 3 is 2.57 bits per heavy atom. The van der Waals surface area contributed by atoms with E-state index in [4.69, 9.17) is 10.00 Å². The average Bonchev–Trinajstić information content (AvgIpc) is 2.51. The van der Waals surface area contributed by atoms with Gasteiger partial charge in [0.2, 0.25) is 0 Å². The molecule has 116 valence electrons. The van der Waals surface area contributed by atoms with Crippen molar-refractivity contribution in [1.82, 2.24) is 0 Å². The van der Waals surface area contributed by atoms with Crippen molar-refractivity contribution in [3.8, 4) is 17.2 Å². The Morgan fingerprint density at radius 1 is 1.13 bits per heavy atom. The van der Waals surface area contributed by atoms with Crippen LogP contribution in [0.25, 0.3) is 17.2 Å². The summed E-state index contributed by atoms with van der Waals surface area (Å²) in [6, 6.07) is 17.3. The summed E-state index contributed by atoms with van der Waals surface area (Å²) in [4.78, 5) is 11.8. The fraction of sp³-hybridized carbons (Fsp3) is 0.200. The van der Waals surface area contributed by atoms with E-state index in [-0.39, 0.29) is 5.97 Å². The highest BCUT2D eigenvalue weighted by molar-refractivity contribution is 5.89. The second-order valence-electron chi connectivity index (χ2n) is 6.15. The lowest BCUT2D eigenvalue weighted by atomic mass is 9.98. The number of nitriles is 1. The van der Waals surface area contributed by atoms with Crippen molar-refractivity contribution in [1.29, 1.82) is 5.26 Å². The highest BCUT2D eigenvalue weighted by Gasteiger charge is 2.14. The predicted octanol–water partition coefficient (Wildman–Crippen LogP) is 4.58. The van der Waals surface area contributed by atoms with Crippen molar-refractivity contribution in [3.63, 3.8) is 0 Å². The van der Waals surface area contributed by atoms with Gasteiger partial charge >= 0.3 is 5.97 Å². The van der Waals surface area contributed by atoms with Gasteiger partial charge in [-0.05, 0) is 55.7 Å². The van der Waals surface area contributed by atoms with Gasteiger partial charge < -0.3 is 4.74 Å². The molecule has 23 heavy (non-hydrogen) atoms. The molecule has 2 aromatic rings. The Labute approximate surface area is 136 Å². The topological polar surface area (TPSA) is 50.1 Å². The van der Waals surface area contributed by atoms with E-state index in [1.54, 1.807) is 12.1 Å². The number of hydrogen-bond donors (Lipinski definition) is 0. The van der Waals surface area contributed by atoms with Crippen LogP contribution in [0.2, 0.25) is 0 Å². The fourth-order valence-electron chi connectivity index (χ4n) is 2.16. The number of benzene rings is 2. The van der Waals surface area contributed by atoms with Crippen LogP contribution < -0.4 is 0 Å². The summed E-state index contributed by atoms with van der Waals surface area (Å²) in [7, 11) is 0. The fourth-order valence-corrected chi connectivity index (χ4v) is 2.16. The van der Waals surface area contributed by atoms with E-state index in [2.05, 4.69) is 6.07 Å². The zero-order valence-electron chi connectivity index (χ0n) is 13.5. The van der Waals surface area contributed by atoms with Gasteiger partial charge in [0, 0.05) is 6.08 Å². The number of rotatable bonds is 3. The molecule has 0 N–H and O–H groups in total. The Morgan fingerprint density at radius 2 is 1.87 bits per heavy atom. The van der Waals surface area contributed by atoms with Crippen LogP contribution in [0.5, 0.6) is 0 Å². The molecule has 0 radical (unpaired) electrons. The van der Waals surface area contributed by atoms with E-state index in [9.17, 15) is 4.79 Å². The Hall–Kier alpha value is -2.86. The molecule has 0 amide bonds. The first-order chi connectivity index (χ1) is 10.9. The SMILES string of the molecule is CC(C)(C)OC(=O)/C=C/c1ccccc1-c1cccc(C#N)c1. The van der Waals surface area contributed by atoms with Crippen molar-refractivity contribution < 1.29 is 9.53 Å². The second kappa shape index (κ2) is 6.93. The molecule has 3 nitrogen and oxygen atoms in total. The third-order valence-electron chi connectivity index (χ3n) is 3.07. The number of ether oxygens (including phenoxy) is 1. The number of hydrogen-bond acceptors (Lipinski definition) is 3. The first kappa shape index (κ1) is 16.5. The van der Waals surface area contributed by atoms with Crippen LogP contribution in [0.3, 0.4) is 0 Å². The normalized spacial score (nSPS) is 11.2. The lowest BCUT2D eigenvalue weighted by molar-refractivity contribution is -0.148. The largest absolute Gasteiger partial charge is 0.457 e. The minimum Gasteiger partial charge on any atom is -0.457 e. The van der Waals surface area contributed by atoms with Gasteiger partial charge in [0.25, 0.3) is 0 Å². The van der Waals surface area contributed by atoms with Gasteiger partial charge in [-0.25, -0.2) is 4.79 Å². The summed E-state index contributed by atoms with van der Waals surface area (Å²) in [5, 5.41) is 9.04. The maximum absolute atomic E-state index is 11.8. The van der Waals surface area contributed by atoms with Crippen molar-refractivity contribution in [2.75, 3.05) is 0 Å². The molecule has 0 spiro atoms. The number of carbonyl (C=O) groups excluding carboxylic acids is 1. The molecule has 0 saturated carbocycles. The van der Waals surface area contributed by atoms with E-state index < -0.39 is 5.60 Å². The van der Waals surface area contributed by atoms with Crippen molar-refractivity contribution in [2.24, 2.45) is 0 Å². The third kappa shape index (κ3) is 4.82. The zero-order valence-corrected chi connectivity index (χ0v) is 13.5. The molecule has 0 aliphatic carbocycles. The number of esters is 1. The van der Waals surface area contributed by atoms with Gasteiger partial charge in [-0.2, -0.15) is 5.26 Å². The first-order valence-corrected chi connectivity index (χ1v) is 7.40. The van der Waals surface area contributed by atoms with Crippen LogP contribution in [-0.4, -0.2) is 11.6 Å². The molecule has 0 atom stereocenters. The molecule has 3 heteroatoms. The van der Waals surface area contributed by atoms with E-state index in [1.807, 2.05) is 63.2 Å². The molecule has 2 aromatic carbocycles. The Balaban J connectivity index is 2.31. The lowest BCUT2D eigenvalue weighted by Crippen LogP contribution is -2.22. The summed E-state index contributed by atoms with van der Waals surface area (Å²) in [6.07, 6.45) is 3.17. The molecular weight excluding hydrogens is 286 g/mol. The van der Waals surface area contributed by atoms with Gasteiger partial charge in [-0.15, -0.1) is 0 Å². The van der Waals surface area contributed by atoms with Crippen LogP contribution in [0.15, 0.2) is 54.6 Å².